The smallest absolute Gasteiger partial charge is 0.331 e. The van der Waals surface area contributed by atoms with Crippen LogP contribution < -0.4 is 0 Å². The Bertz CT molecular complexity index is 760. The Morgan fingerprint density at radius 2 is 1.44 bits per heavy atom. The zero-order valence-corrected chi connectivity index (χ0v) is 13.8. The molecule has 0 aliphatic heterocycles. The maximum absolute atomic E-state index is 11.9. The van der Waals surface area contributed by atoms with Crippen molar-refractivity contribution in [2.75, 3.05) is 6.61 Å². The molecule has 0 heterocycles. The summed E-state index contributed by atoms with van der Waals surface area (Å²) in [6, 6.07) is 16.1. The van der Waals surface area contributed by atoms with E-state index >= 15 is 0 Å². The Labute approximate surface area is 145 Å². The lowest BCUT2D eigenvalue weighted by atomic mass is 10.1. The first kappa shape index (κ1) is 18.1. The van der Waals surface area contributed by atoms with Crippen LogP contribution in [0.2, 0.25) is 0 Å². The van der Waals surface area contributed by atoms with Crippen LogP contribution in [0.5, 0.6) is 0 Å². The van der Waals surface area contributed by atoms with Gasteiger partial charge in [-0.15, -0.1) is 0 Å². The van der Waals surface area contributed by atoms with Gasteiger partial charge in [0.25, 0.3) is 0 Å². The molecule has 2 rings (SSSR count). The summed E-state index contributed by atoms with van der Waals surface area (Å²) >= 11 is 0. The van der Waals surface area contributed by atoms with Gasteiger partial charge >= 0.3 is 11.9 Å². The number of hydrogen-bond donors (Lipinski definition) is 0. The van der Waals surface area contributed by atoms with Crippen LogP contribution in [-0.4, -0.2) is 24.3 Å². The number of ketones is 1. The van der Waals surface area contributed by atoms with Crippen molar-refractivity contribution in [1.29, 1.82) is 0 Å². The van der Waals surface area contributed by atoms with Crippen LogP contribution in [0.25, 0.3) is 0 Å². The molecule has 0 radical (unpaired) electrons. The maximum Gasteiger partial charge on any atom is 0.331 e. The Hall–Kier alpha value is -3.21. The standard InChI is InChI=1S/C20H18O5/c1-15-7-9-17(10-8-15)18(21)14-25-20(23)12-11-19(22)24-13-16-5-3-2-4-6-16/h2-12H,13-14H2,1H3/b12-11+. The summed E-state index contributed by atoms with van der Waals surface area (Å²) in [5.74, 6) is -1.75. The highest BCUT2D eigenvalue weighted by molar-refractivity contribution is 5.99. The van der Waals surface area contributed by atoms with E-state index in [0.29, 0.717) is 5.56 Å². The predicted molar refractivity (Wildman–Crippen MR) is 91.8 cm³/mol. The lowest BCUT2D eigenvalue weighted by Gasteiger charge is -2.03. The highest BCUT2D eigenvalue weighted by Gasteiger charge is 2.08. The van der Waals surface area contributed by atoms with Crippen molar-refractivity contribution in [3.05, 3.63) is 83.4 Å². The van der Waals surface area contributed by atoms with Gasteiger partial charge in [-0.1, -0.05) is 60.2 Å². The van der Waals surface area contributed by atoms with Gasteiger partial charge in [-0.2, -0.15) is 0 Å². The first-order valence-electron chi connectivity index (χ1n) is 7.70. The summed E-state index contributed by atoms with van der Waals surface area (Å²) in [6.45, 7) is 1.65. The van der Waals surface area contributed by atoms with E-state index in [1.54, 1.807) is 24.3 Å². The molecule has 0 aliphatic rings. The summed E-state index contributed by atoms with van der Waals surface area (Å²) in [5, 5.41) is 0. The molecule has 0 N–H and O–H groups in total. The van der Waals surface area contributed by atoms with Gasteiger partial charge in [0.05, 0.1) is 0 Å². The van der Waals surface area contributed by atoms with E-state index in [2.05, 4.69) is 0 Å². The van der Waals surface area contributed by atoms with Crippen LogP contribution in [0.1, 0.15) is 21.5 Å². The van der Waals surface area contributed by atoms with Crippen molar-refractivity contribution in [2.45, 2.75) is 13.5 Å². The molecule has 5 heteroatoms. The van der Waals surface area contributed by atoms with Gasteiger partial charge in [0.15, 0.2) is 12.4 Å². The number of carbonyl (C=O) groups excluding carboxylic acids is 3. The quantitative estimate of drug-likeness (QED) is 0.441. The third-order valence-corrected chi connectivity index (χ3v) is 3.30. The molecule has 0 unspecified atom stereocenters. The molecule has 0 fully saturated rings. The van der Waals surface area contributed by atoms with Gasteiger partial charge in [0.2, 0.25) is 0 Å². The largest absolute Gasteiger partial charge is 0.458 e. The van der Waals surface area contributed by atoms with Crippen LogP contribution in [0, 0.1) is 6.92 Å². The molecule has 0 aromatic heterocycles. The molecule has 0 saturated heterocycles. The highest BCUT2D eigenvalue weighted by Crippen LogP contribution is 2.04. The Kier molecular flexibility index (Phi) is 6.65. The fourth-order valence-electron chi connectivity index (χ4n) is 1.92. The number of aryl methyl sites for hydroxylation is 1. The van der Waals surface area contributed by atoms with E-state index in [4.69, 9.17) is 9.47 Å². The molecule has 0 spiro atoms. The van der Waals surface area contributed by atoms with Crippen LogP contribution in [0.4, 0.5) is 0 Å². The Morgan fingerprint density at radius 1 is 0.840 bits per heavy atom. The molecule has 0 amide bonds. The van der Waals surface area contributed by atoms with E-state index in [9.17, 15) is 14.4 Å². The SMILES string of the molecule is Cc1ccc(C(=O)COC(=O)/C=C/C(=O)OCc2ccccc2)cc1. The lowest BCUT2D eigenvalue weighted by molar-refractivity contribution is -0.140. The molecule has 0 atom stereocenters. The topological polar surface area (TPSA) is 69.7 Å². The number of ether oxygens (including phenoxy) is 2. The predicted octanol–water partition coefficient (Wildman–Crippen LogP) is 3.02. The van der Waals surface area contributed by atoms with Gasteiger partial charge in [0, 0.05) is 17.7 Å². The van der Waals surface area contributed by atoms with Gasteiger partial charge < -0.3 is 9.47 Å². The summed E-state index contributed by atoms with van der Waals surface area (Å²) in [6.07, 6.45) is 1.91. The molecule has 0 bridgehead atoms. The summed E-state index contributed by atoms with van der Waals surface area (Å²) in [4.78, 5) is 34.9. The molecule has 2 aromatic carbocycles. The third-order valence-electron chi connectivity index (χ3n) is 3.30. The van der Waals surface area contributed by atoms with Crippen molar-refractivity contribution in [3.63, 3.8) is 0 Å². The first-order valence-corrected chi connectivity index (χ1v) is 7.70. The normalized spacial score (nSPS) is 10.4. The maximum atomic E-state index is 11.9. The molecule has 0 saturated carbocycles. The van der Waals surface area contributed by atoms with Crippen molar-refractivity contribution in [2.24, 2.45) is 0 Å². The van der Waals surface area contributed by atoms with Crippen LogP contribution in [0.3, 0.4) is 0 Å². The van der Waals surface area contributed by atoms with E-state index < -0.39 is 11.9 Å². The van der Waals surface area contributed by atoms with E-state index in [1.807, 2.05) is 37.3 Å². The first-order chi connectivity index (χ1) is 12.0. The van der Waals surface area contributed by atoms with E-state index in [-0.39, 0.29) is 19.0 Å². The molecular weight excluding hydrogens is 320 g/mol. The summed E-state index contributed by atoms with van der Waals surface area (Å²) in [7, 11) is 0. The Morgan fingerprint density at radius 3 is 2.08 bits per heavy atom. The zero-order chi connectivity index (χ0) is 18.1. The molecule has 5 nitrogen and oxygen atoms in total. The number of benzene rings is 2. The molecule has 25 heavy (non-hydrogen) atoms. The number of Topliss-reactive ketones (excluding diaryl/α,β-unsaturated/α-hetero) is 1. The van der Waals surface area contributed by atoms with E-state index in [1.165, 1.54) is 0 Å². The highest BCUT2D eigenvalue weighted by atomic mass is 16.5. The molecule has 2 aromatic rings. The fraction of sp³-hybridized carbons (Fsp3) is 0.150. The van der Waals surface area contributed by atoms with Gasteiger partial charge in [-0.05, 0) is 12.5 Å². The minimum Gasteiger partial charge on any atom is -0.458 e. The van der Waals surface area contributed by atoms with Crippen molar-refractivity contribution in [3.8, 4) is 0 Å². The average Bonchev–Trinajstić information content (AvgIpc) is 2.64. The summed E-state index contributed by atoms with van der Waals surface area (Å²) in [5.41, 5.74) is 2.34. The van der Waals surface area contributed by atoms with Gasteiger partial charge in [-0.3, -0.25) is 4.79 Å². The Balaban J connectivity index is 1.73. The number of rotatable bonds is 7. The number of esters is 2. The average molecular weight is 338 g/mol. The second kappa shape index (κ2) is 9.17. The van der Waals surface area contributed by atoms with Crippen molar-refractivity contribution < 1.29 is 23.9 Å². The number of carbonyl (C=O) groups is 3. The molecular formula is C20H18O5. The second-order valence-corrected chi connectivity index (χ2v) is 5.32. The molecule has 128 valence electrons. The lowest BCUT2D eigenvalue weighted by Crippen LogP contribution is -2.13. The van der Waals surface area contributed by atoms with Gasteiger partial charge in [-0.25, -0.2) is 9.59 Å². The number of hydrogen-bond acceptors (Lipinski definition) is 5. The second-order valence-electron chi connectivity index (χ2n) is 5.32. The minimum atomic E-state index is -0.780. The van der Waals surface area contributed by atoms with Crippen molar-refractivity contribution >= 4 is 17.7 Å². The monoisotopic (exact) mass is 338 g/mol. The third kappa shape index (κ3) is 6.43. The van der Waals surface area contributed by atoms with Crippen LogP contribution in [0.15, 0.2) is 66.7 Å². The van der Waals surface area contributed by atoms with E-state index in [0.717, 1.165) is 23.3 Å². The summed E-state index contributed by atoms with van der Waals surface area (Å²) < 4.78 is 9.80. The zero-order valence-electron chi connectivity index (χ0n) is 13.8. The van der Waals surface area contributed by atoms with Gasteiger partial charge in [0.1, 0.15) is 6.61 Å². The minimum absolute atomic E-state index is 0.116. The van der Waals surface area contributed by atoms with Crippen LogP contribution >= 0.6 is 0 Å². The molecule has 0 aliphatic carbocycles. The van der Waals surface area contributed by atoms with Crippen LogP contribution in [-0.2, 0) is 25.7 Å². The van der Waals surface area contributed by atoms with Crippen molar-refractivity contribution in [1.82, 2.24) is 0 Å². The fourth-order valence-corrected chi connectivity index (χ4v) is 1.92.